The Morgan fingerprint density at radius 3 is 2.31 bits per heavy atom. The van der Waals surface area contributed by atoms with Crippen LogP contribution < -0.4 is 4.74 Å². The van der Waals surface area contributed by atoms with Crippen molar-refractivity contribution in [3.05, 3.63) is 67.0 Å². The largest absolute Gasteiger partial charge is 0.508 e. The molecule has 0 spiro atoms. The molecule has 2 heterocycles. The number of aromatic hydroxyl groups is 1. The highest BCUT2D eigenvalue weighted by molar-refractivity contribution is 8.00. The summed E-state index contributed by atoms with van der Waals surface area (Å²) < 4.78 is 7.39. The molecule has 0 amide bonds. The van der Waals surface area contributed by atoms with Crippen LogP contribution in [0.15, 0.2) is 71.9 Å². The van der Waals surface area contributed by atoms with Gasteiger partial charge in [-0.3, -0.25) is 0 Å². The first-order valence-electron chi connectivity index (χ1n) is 9.48. The third-order valence-corrected chi connectivity index (χ3v) is 5.75. The minimum Gasteiger partial charge on any atom is -0.508 e. The summed E-state index contributed by atoms with van der Waals surface area (Å²) in [7, 11) is 1.62. The summed E-state index contributed by atoms with van der Waals surface area (Å²) >= 11 is 1.81. The topological polar surface area (TPSA) is 47.3 Å². The number of methoxy groups -OCH3 is 1. The molecule has 5 heteroatoms. The third-order valence-electron chi connectivity index (χ3n) is 4.59. The number of benzene rings is 2. The van der Waals surface area contributed by atoms with Crippen LogP contribution in [-0.2, 0) is 0 Å². The molecule has 0 saturated heterocycles. The maximum Gasteiger partial charge on any atom is 0.212 e. The van der Waals surface area contributed by atoms with Gasteiger partial charge in [0.2, 0.25) is 5.88 Å². The molecule has 4 aromatic rings. The van der Waals surface area contributed by atoms with Crippen molar-refractivity contribution in [1.82, 2.24) is 9.55 Å². The van der Waals surface area contributed by atoms with E-state index in [-0.39, 0.29) is 10.5 Å². The quantitative estimate of drug-likeness (QED) is 0.406. The summed E-state index contributed by atoms with van der Waals surface area (Å²) in [4.78, 5) is 5.45. The van der Waals surface area contributed by atoms with Crippen LogP contribution in [0.1, 0.15) is 20.8 Å². The van der Waals surface area contributed by atoms with Crippen LogP contribution in [0.3, 0.4) is 0 Å². The van der Waals surface area contributed by atoms with Crippen molar-refractivity contribution in [2.75, 3.05) is 7.11 Å². The molecule has 0 bridgehead atoms. The molecular formula is C24H24N2O2S. The van der Waals surface area contributed by atoms with Crippen molar-refractivity contribution in [1.29, 1.82) is 0 Å². The van der Waals surface area contributed by atoms with E-state index in [1.165, 1.54) is 0 Å². The van der Waals surface area contributed by atoms with E-state index >= 15 is 0 Å². The van der Waals surface area contributed by atoms with Gasteiger partial charge in [0.05, 0.1) is 12.6 Å². The monoisotopic (exact) mass is 404 g/mol. The highest BCUT2D eigenvalue weighted by atomic mass is 32.2. The Bertz CT molecular complexity index is 1140. The zero-order chi connectivity index (χ0) is 20.6. The first-order chi connectivity index (χ1) is 13.8. The summed E-state index contributed by atoms with van der Waals surface area (Å²) in [6.45, 7) is 6.59. The van der Waals surface area contributed by atoms with Gasteiger partial charge in [-0.1, -0.05) is 32.9 Å². The fraction of sp³-hybridized carbons (Fsp3) is 0.208. The molecular weight excluding hydrogens is 380 g/mol. The Kier molecular flexibility index (Phi) is 5.01. The van der Waals surface area contributed by atoms with Gasteiger partial charge in [-0.15, -0.1) is 11.8 Å². The number of aromatic nitrogens is 2. The molecule has 0 atom stereocenters. The molecule has 2 aromatic carbocycles. The van der Waals surface area contributed by atoms with Gasteiger partial charge in [0.25, 0.3) is 0 Å². The van der Waals surface area contributed by atoms with Gasteiger partial charge in [-0.25, -0.2) is 4.98 Å². The molecule has 4 rings (SSSR count). The molecule has 0 radical (unpaired) electrons. The lowest BCUT2D eigenvalue weighted by Crippen LogP contribution is -2.06. The van der Waals surface area contributed by atoms with Crippen LogP contribution in [0.5, 0.6) is 11.6 Å². The third kappa shape index (κ3) is 4.10. The van der Waals surface area contributed by atoms with Crippen LogP contribution in [0.4, 0.5) is 0 Å². The average molecular weight is 405 g/mol. The van der Waals surface area contributed by atoms with Crippen molar-refractivity contribution in [2.24, 2.45) is 0 Å². The summed E-state index contributed by atoms with van der Waals surface area (Å²) in [5.74, 6) is 0.893. The van der Waals surface area contributed by atoms with Crippen LogP contribution in [0.25, 0.3) is 27.7 Å². The fourth-order valence-corrected chi connectivity index (χ4v) is 4.39. The molecule has 0 aliphatic carbocycles. The predicted molar refractivity (Wildman–Crippen MR) is 120 cm³/mol. The smallest absolute Gasteiger partial charge is 0.212 e. The van der Waals surface area contributed by atoms with E-state index in [0.717, 1.165) is 32.6 Å². The van der Waals surface area contributed by atoms with Crippen molar-refractivity contribution >= 4 is 22.7 Å². The summed E-state index contributed by atoms with van der Waals surface area (Å²) in [5.41, 5.74) is 4.30. The van der Waals surface area contributed by atoms with Crippen LogP contribution in [0.2, 0.25) is 0 Å². The first kappa shape index (κ1) is 19.4. The Morgan fingerprint density at radius 2 is 1.69 bits per heavy atom. The molecule has 0 unspecified atom stereocenters. The first-order valence-corrected chi connectivity index (χ1v) is 10.3. The molecule has 4 nitrogen and oxygen atoms in total. The van der Waals surface area contributed by atoms with E-state index in [1.807, 2.05) is 30.5 Å². The summed E-state index contributed by atoms with van der Waals surface area (Å²) in [6, 6.07) is 17.8. The second-order valence-electron chi connectivity index (χ2n) is 7.92. The highest BCUT2D eigenvalue weighted by Gasteiger charge is 2.18. The fourth-order valence-electron chi connectivity index (χ4n) is 3.30. The van der Waals surface area contributed by atoms with Crippen LogP contribution in [-0.4, -0.2) is 26.5 Å². The number of thioether (sulfide) groups is 1. The normalized spacial score (nSPS) is 11.7. The number of nitrogens with zero attached hydrogens (tertiary/aromatic N) is 2. The maximum atomic E-state index is 10.00. The molecule has 0 saturated carbocycles. The molecule has 2 aromatic heterocycles. The van der Waals surface area contributed by atoms with Crippen molar-refractivity contribution in [3.63, 3.8) is 0 Å². The zero-order valence-electron chi connectivity index (χ0n) is 17.0. The number of hydrogen-bond donors (Lipinski definition) is 1. The molecule has 148 valence electrons. The second kappa shape index (κ2) is 7.48. The van der Waals surface area contributed by atoms with Gasteiger partial charge in [0.1, 0.15) is 5.75 Å². The van der Waals surface area contributed by atoms with E-state index in [4.69, 9.17) is 4.74 Å². The van der Waals surface area contributed by atoms with Gasteiger partial charge in [-0.05, 0) is 42.0 Å². The van der Waals surface area contributed by atoms with Gasteiger partial charge in [-0.2, -0.15) is 0 Å². The Balaban J connectivity index is 1.74. The number of fused-ring (bicyclic) bond motifs is 1. The van der Waals surface area contributed by atoms with Crippen molar-refractivity contribution < 1.29 is 9.84 Å². The minimum absolute atomic E-state index is 0.0792. The maximum absolute atomic E-state index is 10.00. The zero-order valence-corrected chi connectivity index (χ0v) is 17.8. The lowest BCUT2D eigenvalue weighted by atomic mass is 10.1. The SMILES string of the molecule is COc1ccc(-c2ccc(-n3cc(SC(C)(C)C)c4cc(O)ccc43)cc2)cn1. The van der Waals surface area contributed by atoms with E-state index in [0.29, 0.717) is 5.88 Å². The predicted octanol–water partition coefficient (Wildman–Crippen LogP) is 6.30. The standard InChI is InChI=1S/C24H24N2O2S/c1-24(2,3)29-22-15-26(21-11-10-19(27)13-20(21)22)18-8-5-16(6-9-18)17-7-12-23(28-4)25-14-17/h5-15,27H,1-4H3. The van der Waals surface area contributed by atoms with Crippen LogP contribution >= 0.6 is 11.8 Å². The summed E-state index contributed by atoms with van der Waals surface area (Å²) in [5, 5.41) is 11.1. The molecule has 1 N–H and O–H groups in total. The van der Waals surface area contributed by atoms with Gasteiger partial charge >= 0.3 is 0 Å². The number of hydrogen-bond acceptors (Lipinski definition) is 4. The number of phenolic OH excluding ortho intramolecular Hbond substituents is 1. The number of pyridine rings is 1. The number of phenols is 1. The van der Waals surface area contributed by atoms with E-state index in [2.05, 4.69) is 60.8 Å². The lowest BCUT2D eigenvalue weighted by Gasteiger charge is -2.16. The lowest BCUT2D eigenvalue weighted by molar-refractivity contribution is 0.398. The van der Waals surface area contributed by atoms with Gasteiger partial charge < -0.3 is 14.4 Å². The number of rotatable bonds is 4. The number of ether oxygens (including phenoxy) is 1. The average Bonchev–Trinajstić information content (AvgIpc) is 3.04. The van der Waals surface area contributed by atoms with E-state index in [9.17, 15) is 5.11 Å². The Labute approximate surface area is 175 Å². The molecule has 0 aliphatic rings. The van der Waals surface area contributed by atoms with Crippen molar-refractivity contribution in [3.8, 4) is 28.4 Å². The Hall–Kier alpha value is -2.92. The second-order valence-corrected chi connectivity index (χ2v) is 9.78. The molecule has 29 heavy (non-hydrogen) atoms. The Morgan fingerprint density at radius 1 is 0.966 bits per heavy atom. The molecule has 0 aliphatic heterocycles. The van der Waals surface area contributed by atoms with Crippen molar-refractivity contribution in [2.45, 2.75) is 30.4 Å². The summed E-state index contributed by atoms with van der Waals surface area (Å²) in [6.07, 6.45) is 3.98. The van der Waals surface area contributed by atoms with Gasteiger partial charge in [0, 0.05) is 44.7 Å². The van der Waals surface area contributed by atoms with E-state index < -0.39 is 0 Å². The van der Waals surface area contributed by atoms with Crippen LogP contribution in [0, 0.1) is 0 Å². The van der Waals surface area contributed by atoms with Gasteiger partial charge in [0.15, 0.2) is 0 Å². The van der Waals surface area contributed by atoms with E-state index in [1.54, 1.807) is 24.9 Å². The molecule has 0 fully saturated rings. The minimum atomic E-state index is 0.0792. The highest BCUT2D eigenvalue weighted by Crippen LogP contribution is 2.40.